The number of urea groups is 1. The van der Waals surface area contributed by atoms with Gasteiger partial charge in [-0.2, -0.15) is 0 Å². The third kappa shape index (κ3) is 3.37. The number of anilines is 1. The van der Waals surface area contributed by atoms with E-state index in [1.807, 2.05) is 6.92 Å². The van der Waals surface area contributed by atoms with Gasteiger partial charge in [-0.3, -0.25) is 0 Å². The van der Waals surface area contributed by atoms with Crippen molar-refractivity contribution in [2.45, 2.75) is 6.92 Å². The van der Waals surface area contributed by atoms with E-state index in [-0.39, 0.29) is 11.9 Å². The molecule has 1 aromatic rings. The minimum atomic E-state index is -0.177. The second-order valence-electron chi connectivity index (χ2n) is 3.51. The van der Waals surface area contributed by atoms with E-state index in [0.29, 0.717) is 17.8 Å². The second kappa shape index (κ2) is 5.74. The maximum absolute atomic E-state index is 11.5. The molecule has 0 aliphatic rings. The summed E-state index contributed by atoms with van der Waals surface area (Å²) in [6.45, 7) is 2.52. The third-order valence-corrected chi connectivity index (χ3v) is 2.36. The van der Waals surface area contributed by atoms with Gasteiger partial charge in [-0.15, -0.1) is 0 Å². The molecule has 0 saturated carbocycles. The molecule has 6 nitrogen and oxygen atoms in total. The average Bonchev–Trinajstić information content (AvgIpc) is 2.37. The van der Waals surface area contributed by atoms with Crippen LogP contribution in [0.15, 0.2) is 29.4 Å². The Kier molecular flexibility index (Phi) is 4.33. The van der Waals surface area contributed by atoms with Crippen LogP contribution in [0.4, 0.5) is 10.5 Å². The lowest BCUT2D eigenvalue weighted by atomic mass is 10.2. The van der Waals surface area contributed by atoms with Gasteiger partial charge in [-0.25, -0.2) is 4.79 Å². The van der Waals surface area contributed by atoms with Crippen molar-refractivity contribution in [3.8, 4) is 0 Å². The molecule has 4 N–H and O–H groups in total. The molecule has 0 fully saturated rings. The number of nitrogens with one attached hydrogen (secondary N) is 1. The van der Waals surface area contributed by atoms with Crippen LogP contribution in [0.5, 0.6) is 0 Å². The van der Waals surface area contributed by atoms with Crippen LogP contribution in [0.25, 0.3) is 0 Å². The fraction of sp³-hybridized carbons (Fsp3) is 0.273. The van der Waals surface area contributed by atoms with E-state index in [9.17, 15) is 4.79 Å². The zero-order valence-corrected chi connectivity index (χ0v) is 9.84. The highest BCUT2D eigenvalue weighted by atomic mass is 16.4. The summed E-state index contributed by atoms with van der Waals surface area (Å²) >= 11 is 0. The molecule has 2 amide bonds. The SMILES string of the molecule is CCN(C)C(=O)Nc1ccc(C(N)=NO)cc1. The summed E-state index contributed by atoms with van der Waals surface area (Å²) in [5.41, 5.74) is 6.67. The Bertz CT molecular complexity index is 414. The number of nitrogens with two attached hydrogens (primary N) is 1. The van der Waals surface area contributed by atoms with Crippen molar-refractivity contribution in [2.75, 3.05) is 18.9 Å². The van der Waals surface area contributed by atoms with Crippen molar-refractivity contribution in [3.63, 3.8) is 0 Å². The van der Waals surface area contributed by atoms with Gasteiger partial charge in [0.15, 0.2) is 5.84 Å². The first-order valence-electron chi connectivity index (χ1n) is 5.18. The molecule has 0 saturated heterocycles. The molecular formula is C11H16N4O2. The average molecular weight is 236 g/mol. The first kappa shape index (κ1) is 12.8. The minimum Gasteiger partial charge on any atom is -0.409 e. The predicted octanol–water partition coefficient (Wildman–Crippen LogP) is 1.26. The van der Waals surface area contributed by atoms with E-state index in [1.54, 1.807) is 36.2 Å². The van der Waals surface area contributed by atoms with Crippen LogP contribution in [0.3, 0.4) is 0 Å². The molecule has 6 heteroatoms. The summed E-state index contributed by atoms with van der Waals surface area (Å²) < 4.78 is 0. The Morgan fingerprint density at radius 3 is 2.53 bits per heavy atom. The molecule has 0 heterocycles. The summed E-state index contributed by atoms with van der Waals surface area (Å²) in [5.74, 6) is 0.0357. The molecule has 0 unspecified atom stereocenters. The zero-order valence-electron chi connectivity index (χ0n) is 9.84. The lowest BCUT2D eigenvalue weighted by Gasteiger charge is -2.15. The summed E-state index contributed by atoms with van der Waals surface area (Å²) in [4.78, 5) is 13.1. The number of hydrogen-bond donors (Lipinski definition) is 3. The number of amidine groups is 1. The number of benzene rings is 1. The summed E-state index contributed by atoms with van der Waals surface area (Å²) in [6.07, 6.45) is 0. The van der Waals surface area contributed by atoms with Crippen molar-refractivity contribution in [2.24, 2.45) is 10.9 Å². The number of hydrogen-bond acceptors (Lipinski definition) is 3. The Labute approximate surface area is 99.7 Å². The highest BCUT2D eigenvalue weighted by molar-refractivity contribution is 5.97. The molecular weight excluding hydrogens is 220 g/mol. The highest BCUT2D eigenvalue weighted by Crippen LogP contribution is 2.09. The smallest absolute Gasteiger partial charge is 0.321 e. The molecule has 0 spiro atoms. The van der Waals surface area contributed by atoms with Gasteiger partial charge in [0, 0.05) is 24.8 Å². The Balaban J connectivity index is 2.72. The fourth-order valence-electron chi connectivity index (χ4n) is 1.14. The van der Waals surface area contributed by atoms with Gasteiger partial charge in [0.05, 0.1) is 0 Å². The first-order chi connectivity index (χ1) is 8.08. The highest BCUT2D eigenvalue weighted by Gasteiger charge is 2.06. The minimum absolute atomic E-state index is 0.0357. The van der Waals surface area contributed by atoms with Crippen molar-refractivity contribution >= 4 is 17.6 Å². The van der Waals surface area contributed by atoms with Crippen LogP contribution in [-0.2, 0) is 0 Å². The van der Waals surface area contributed by atoms with Crippen LogP contribution < -0.4 is 11.1 Å². The fourth-order valence-corrected chi connectivity index (χ4v) is 1.14. The molecule has 0 aliphatic carbocycles. The third-order valence-electron chi connectivity index (χ3n) is 2.36. The van der Waals surface area contributed by atoms with Crippen LogP contribution in [0.1, 0.15) is 12.5 Å². The molecule has 92 valence electrons. The van der Waals surface area contributed by atoms with Gasteiger partial charge in [0.25, 0.3) is 0 Å². The summed E-state index contributed by atoms with van der Waals surface area (Å²) in [6, 6.07) is 6.53. The lowest BCUT2D eigenvalue weighted by Crippen LogP contribution is -2.30. The Hall–Kier alpha value is -2.24. The molecule has 0 bridgehead atoms. The number of rotatable bonds is 3. The standard InChI is InChI=1S/C11H16N4O2/c1-3-15(2)11(16)13-9-6-4-8(5-7-9)10(12)14-17/h4-7,17H,3H2,1-2H3,(H2,12,14)(H,13,16). The normalized spacial score (nSPS) is 11.1. The molecule has 0 aromatic heterocycles. The molecule has 17 heavy (non-hydrogen) atoms. The number of nitrogens with zero attached hydrogens (tertiary/aromatic N) is 2. The van der Waals surface area contributed by atoms with Gasteiger partial charge < -0.3 is 21.2 Å². The predicted molar refractivity (Wildman–Crippen MR) is 66.3 cm³/mol. The van der Waals surface area contributed by atoms with Crippen molar-refractivity contribution in [1.29, 1.82) is 0 Å². The second-order valence-corrected chi connectivity index (χ2v) is 3.51. The largest absolute Gasteiger partial charge is 0.409 e. The maximum Gasteiger partial charge on any atom is 0.321 e. The topological polar surface area (TPSA) is 91.0 Å². The van der Waals surface area contributed by atoms with Crippen molar-refractivity contribution in [1.82, 2.24) is 4.90 Å². The summed E-state index contributed by atoms with van der Waals surface area (Å²) in [7, 11) is 1.71. The van der Waals surface area contributed by atoms with Crippen LogP contribution in [-0.4, -0.2) is 35.6 Å². The quantitative estimate of drug-likeness (QED) is 0.319. The molecule has 1 aromatic carbocycles. The number of amides is 2. The van der Waals surface area contributed by atoms with E-state index in [2.05, 4.69) is 10.5 Å². The van der Waals surface area contributed by atoms with E-state index in [0.717, 1.165) is 0 Å². The Morgan fingerprint density at radius 1 is 1.47 bits per heavy atom. The van der Waals surface area contributed by atoms with Gasteiger partial charge in [-0.1, -0.05) is 5.16 Å². The number of carbonyl (C=O) groups excluding carboxylic acids is 1. The zero-order chi connectivity index (χ0) is 12.8. The van der Waals surface area contributed by atoms with Gasteiger partial charge >= 0.3 is 6.03 Å². The number of carbonyl (C=O) groups is 1. The van der Waals surface area contributed by atoms with Gasteiger partial charge in [0.2, 0.25) is 0 Å². The van der Waals surface area contributed by atoms with Crippen LogP contribution >= 0.6 is 0 Å². The van der Waals surface area contributed by atoms with Gasteiger partial charge in [-0.05, 0) is 31.2 Å². The van der Waals surface area contributed by atoms with E-state index >= 15 is 0 Å². The molecule has 0 atom stereocenters. The van der Waals surface area contributed by atoms with E-state index in [1.165, 1.54) is 0 Å². The first-order valence-corrected chi connectivity index (χ1v) is 5.18. The van der Waals surface area contributed by atoms with Gasteiger partial charge in [0.1, 0.15) is 0 Å². The molecule has 1 rings (SSSR count). The Morgan fingerprint density at radius 2 is 2.06 bits per heavy atom. The maximum atomic E-state index is 11.5. The lowest BCUT2D eigenvalue weighted by molar-refractivity contribution is 0.224. The monoisotopic (exact) mass is 236 g/mol. The van der Waals surface area contributed by atoms with E-state index in [4.69, 9.17) is 10.9 Å². The van der Waals surface area contributed by atoms with Crippen LogP contribution in [0.2, 0.25) is 0 Å². The van der Waals surface area contributed by atoms with E-state index < -0.39 is 0 Å². The molecule has 0 radical (unpaired) electrons. The van der Waals surface area contributed by atoms with Crippen LogP contribution in [0, 0.1) is 0 Å². The number of oxime groups is 1. The van der Waals surface area contributed by atoms with Crippen molar-refractivity contribution < 1.29 is 10.0 Å². The van der Waals surface area contributed by atoms with Crippen molar-refractivity contribution in [3.05, 3.63) is 29.8 Å². The molecule has 0 aliphatic heterocycles. The summed E-state index contributed by atoms with van der Waals surface area (Å²) in [5, 5.41) is 14.1.